The second-order valence-electron chi connectivity index (χ2n) is 4.53. The van der Waals surface area contributed by atoms with E-state index in [1.807, 2.05) is 42.7 Å². The molecule has 0 spiro atoms. The largest absolute Gasteiger partial charge is 0.352 e. The van der Waals surface area contributed by atoms with Gasteiger partial charge in [0.2, 0.25) is 5.91 Å². The van der Waals surface area contributed by atoms with E-state index in [4.69, 9.17) is 5.73 Å². The molecule has 1 aromatic heterocycles. The van der Waals surface area contributed by atoms with E-state index in [-0.39, 0.29) is 18.5 Å². The van der Waals surface area contributed by atoms with Crippen LogP contribution in [0.5, 0.6) is 0 Å². The van der Waals surface area contributed by atoms with E-state index in [0.29, 0.717) is 6.54 Å². The molecule has 0 saturated carbocycles. The standard InChI is InChI=1S/C13H18N4O/c1-9(2)15-13(18)8-17-11-6-4-3-5-10(11)16-12(17)7-14/h3-6,9H,7-8,14H2,1-2H3,(H,15,18). The van der Waals surface area contributed by atoms with Crippen molar-refractivity contribution in [2.45, 2.75) is 33.0 Å². The molecule has 0 saturated heterocycles. The normalized spacial score (nSPS) is 11.1. The predicted molar refractivity (Wildman–Crippen MR) is 70.9 cm³/mol. The summed E-state index contributed by atoms with van der Waals surface area (Å²) in [6.07, 6.45) is 0. The fourth-order valence-electron chi connectivity index (χ4n) is 1.97. The van der Waals surface area contributed by atoms with E-state index in [0.717, 1.165) is 16.9 Å². The maximum atomic E-state index is 11.8. The average Bonchev–Trinajstić information content (AvgIpc) is 2.66. The number of hydrogen-bond acceptors (Lipinski definition) is 3. The molecule has 0 radical (unpaired) electrons. The lowest BCUT2D eigenvalue weighted by Gasteiger charge is -2.11. The maximum absolute atomic E-state index is 11.8. The Balaban J connectivity index is 2.33. The molecular weight excluding hydrogens is 228 g/mol. The van der Waals surface area contributed by atoms with Gasteiger partial charge in [0, 0.05) is 6.04 Å². The first-order chi connectivity index (χ1) is 8.61. The van der Waals surface area contributed by atoms with Crippen LogP contribution in [0.3, 0.4) is 0 Å². The first kappa shape index (κ1) is 12.6. The maximum Gasteiger partial charge on any atom is 0.240 e. The lowest BCUT2D eigenvalue weighted by atomic mass is 10.3. The third-order valence-corrected chi connectivity index (χ3v) is 2.67. The van der Waals surface area contributed by atoms with Gasteiger partial charge in [-0.1, -0.05) is 12.1 Å². The minimum Gasteiger partial charge on any atom is -0.352 e. The Hall–Kier alpha value is -1.88. The van der Waals surface area contributed by atoms with Crippen LogP contribution in [-0.4, -0.2) is 21.5 Å². The first-order valence-electron chi connectivity index (χ1n) is 6.05. The third kappa shape index (κ3) is 2.51. The number of para-hydroxylation sites is 2. The van der Waals surface area contributed by atoms with Gasteiger partial charge in [0.05, 0.1) is 17.6 Å². The summed E-state index contributed by atoms with van der Waals surface area (Å²) in [5.41, 5.74) is 7.49. The lowest BCUT2D eigenvalue weighted by Crippen LogP contribution is -2.33. The van der Waals surface area contributed by atoms with Crippen molar-refractivity contribution in [1.82, 2.24) is 14.9 Å². The summed E-state index contributed by atoms with van der Waals surface area (Å²) in [5, 5.41) is 2.87. The van der Waals surface area contributed by atoms with Gasteiger partial charge in [-0.3, -0.25) is 4.79 Å². The number of fused-ring (bicyclic) bond motifs is 1. The number of rotatable bonds is 4. The first-order valence-corrected chi connectivity index (χ1v) is 6.05. The van der Waals surface area contributed by atoms with Gasteiger partial charge >= 0.3 is 0 Å². The Kier molecular flexibility index (Phi) is 3.62. The van der Waals surface area contributed by atoms with Gasteiger partial charge in [-0.25, -0.2) is 4.98 Å². The number of aromatic nitrogens is 2. The Morgan fingerprint density at radius 3 is 2.83 bits per heavy atom. The van der Waals surface area contributed by atoms with Crippen molar-refractivity contribution in [1.29, 1.82) is 0 Å². The van der Waals surface area contributed by atoms with Crippen molar-refractivity contribution in [3.8, 4) is 0 Å². The van der Waals surface area contributed by atoms with E-state index in [1.165, 1.54) is 0 Å². The van der Waals surface area contributed by atoms with E-state index in [2.05, 4.69) is 10.3 Å². The second kappa shape index (κ2) is 5.18. The number of amides is 1. The molecule has 0 atom stereocenters. The molecule has 96 valence electrons. The molecule has 0 unspecified atom stereocenters. The van der Waals surface area contributed by atoms with Gasteiger partial charge in [0.1, 0.15) is 12.4 Å². The Morgan fingerprint density at radius 2 is 2.17 bits per heavy atom. The highest BCUT2D eigenvalue weighted by Gasteiger charge is 2.12. The summed E-state index contributed by atoms with van der Waals surface area (Å²) >= 11 is 0. The molecule has 1 heterocycles. The van der Waals surface area contributed by atoms with Crippen LogP contribution in [0.15, 0.2) is 24.3 Å². The van der Waals surface area contributed by atoms with Gasteiger partial charge in [0.15, 0.2) is 0 Å². The highest BCUT2D eigenvalue weighted by atomic mass is 16.2. The fourth-order valence-corrected chi connectivity index (χ4v) is 1.97. The molecule has 0 aliphatic rings. The molecule has 0 aliphatic heterocycles. The lowest BCUT2D eigenvalue weighted by molar-refractivity contribution is -0.122. The molecule has 5 nitrogen and oxygen atoms in total. The molecule has 0 aliphatic carbocycles. The average molecular weight is 246 g/mol. The molecule has 1 aromatic carbocycles. The van der Waals surface area contributed by atoms with Crippen molar-refractivity contribution >= 4 is 16.9 Å². The van der Waals surface area contributed by atoms with E-state index in [1.54, 1.807) is 0 Å². The van der Waals surface area contributed by atoms with Crippen LogP contribution in [0.4, 0.5) is 0 Å². The molecule has 0 bridgehead atoms. The number of nitrogens with zero attached hydrogens (tertiary/aromatic N) is 2. The van der Waals surface area contributed by atoms with Crippen LogP contribution >= 0.6 is 0 Å². The van der Waals surface area contributed by atoms with E-state index < -0.39 is 0 Å². The Bertz CT molecular complexity index is 559. The summed E-state index contributed by atoms with van der Waals surface area (Å²) < 4.78 is 1.87. The molecule has 3 N–H and O–H groups in total. The quantitative estimate of drug-likeness (QED) is 0.846. The number of carbonyl (C=O) groups is 1. The topological polar surface area (TPSA) is 72.9 Å². The molecule has 2 rings (SSSR count). The number of carbonyl (C=O) groups excluding carboxylic acids is 1. The Morgan fingerprint density at radius 1 is 1.44 bits per heavy atom. The van der Waals surface area contributed by atoms with E-state index in [9.17, 15) is 4.79 Å². The summed E-state index contributed by atoms with van der Waals surface area (Å²) in [4.78, 5) is 16.3. The van der Waals surface area contributed by atoms with Crippen molar-refractivity contribution in [3.05, 3.63) is 30.1 Å². The molecule has 5 heteroatoms. The number of nitrogens with two attached hydrogens (primary N) is 1. The van der Waals surface area contributed by atoms with Gasteiger partial charge in [-0.15, -0.1) is 0 Å². The number of nitrogens with one attached hydrogen (secondary N) is 1. The van der Waals surface area contributed by atoms with Gasteiger partial charge in [-0.05, 0) is 26.0 Å². The number of hydrogen-bond donors (Lipinski definition) is 2. The van der Waals surface area contributed by atoms with Crippen LogP contribution in [0.2, 0.25) is 0 Å². The van der Waals surface area contributed by atoms with Gasteiger partial charge in [0.25, 0.3) is 0 Å². The van der Waals surface area contributed by atoms with Crippen molar-refractivity contribution < 1.29 is 4.79 Å². The highest BCUT2D eigenvalue weighted by Crippen LogP contribution is 2.15. The van der Waals surface area contributed by atoms with E-state index >= 15 is 0 Å². The monoisotopic (exact) mass is 246 g/mol. The van der Waals surface area contributed by atoms with Crippen LogP contribution in [0.25, 0.3) is 11.0 Å². The summed E-state index contributed by atoms with van der Waals surface area (Å²) in [6, 6.07) is 7.86. The van der Waals surface area contributed by atoms with Crippen LogP contribution < -0.4 is 11.1 Å². The smallest absolute Gasteiger partial charge is 0.240 e. The molecule has 2 aromatic rings. The summed E-state index contributed by atoms with van der Waals surface area (Å²) in [5.74, 6) is 0.706. The zero-order valence-electron chi connectivity index (χ0n) is 10.7. The van der Waals surface area contributed by atoms with Crippen LogP contribution in [0.1, 0.15) is 19.7 Å². The van der Waals surface area contributed by atoms with Crippen molar-refractivity contribution in [2.75, 3.05) is 0 Å². The van der Waals surface area contributed by atoms with Crippen molar-refractivity contribution in [2.24, 2.45) is 5.73 Å². The van der Waals surface area contributed by atoms with Crippen LogP contribution in [0, 0.1) is 0 Å². The second-order valence-corrected chi connectivity index (χ2v) is 4.53. The highest BCUT2D eigenvalue weighted by molar-refractivity contribution is 5.81. The minimum atomic E-state index is -0.0251. The molecule has 18 heavy (non-hydrogen) atoms. The summed E-state index contributed by atoms with van der Waals surface area (Å²) in [6.45, 7) is 4.45. The number of imidazole rings is 1. The molecular formula is C13H18N4O. The SMILES string of the molecule is CC(C)NC(=O)Cn1c(CN)nc2ccccc21. The fraction of sp³-hybridized carbons (Fsp3) is 0.385. The zero-order chi connectivity index (χ0) is 13.1. The van der Waals surface area contributed by atoms with Crippen LogP contribution in [-0.2, 0) is 17.9 Å². The molecule has 0 fully saturated rings. The minimum absolute atomic E-state index is 0.0251. The van der Waals surface area contributed by atoms with Gasteiger partial charge < -0.3 is 15.6 Å². The predicted octanol–water partition coefficient (Wildman–Crippen LogP) is 1.02. The zero-order valence-corrected chi connectivity index (χ0v) is 10.7. The van der Waals surface area contributed by atoms with Crippen molar-refractivity contribution in [3.63, 3.8) is 0 Å². The number of benzene rings is 1. The molecule has 1 amide bonds. The third-order valence-electron chi connectivity index (χ3n) is 2.67. The summed E-state index contributed by atoms with van der Waals surface area (Å²) in [7, 11) is 0. The van der Waals surface area contributed by atoms with Gasteiger partial charge in [-0.2, -0.15) is 0 Å². The Labute approximate surface area is 106 Å².